The lowest BCUT2D eigenvalue weighted by Crippen LogP contribution is -2.61. The smallest absolute Gasteiger partial charge is 0.306 e. The molecule has 7 atom stereocenters. The van der Waals surface area contributed by atoms with Crippen LogP contribution in [-0.2, 0) is 19.1 Å². The van der Waals surface area contributed by atoms with E-state index in [0.717, 1.165) is 18.4 Å². The van der Waals surface area contributed by atoms with Crippen molar-refractivity contribution in [2.75, 3.05) is 6.61 Å². The van der Waals surface area contributed by atoms with Gasteiger partial charge in [-0.25, -0.2) is 0 Å². The zero-order chi connectivity index (χ0) is 24.4. The molecule has 0 aromatic heterocycles. The molecule has 0 heterocycles. The van der Waals surface area contributed by atoms with Gasteiger partial charge in [0.25, 0.3) is 0 Å². The summed E-state index contributed by atoms with van der Waals surface area (Å²) in [5.41, 5.74) is -1.96. The summed E-state index contributed by atoms with van der Waals surface area (Å²) in [6, 6.07) is 0. The molecule has 4 rings (SSSR count). The Balaban J connectivity index is 1.55. The number of hydrogen-bond donors (Lipinski definition) is 2. The third-order valence-corrected chi connectivity index (χ3v) is 9.15. The molecule has 0 aromatic rings. The highest BCUT2D eigenvalue weighted by Crippen LogP contribution is 2.67. The number of ether oxygens (including phenoxy) is 1. The quantitative estimate of drug-likeness (QED) is 0.625. The number of fused-ring (bicyclic) bond motifs is 5. The Morgan fingerprint density at radius 2 is 1.91 bits per heavy atom. The lowest BCUT2D eigenvalue weighted by atomic mass is 9.46. The zero-order valence-corrected chi connectivity index (χ0v) is 20.5. The van der Waals surface area contributed by atoms with Crippen LogP contribution >= 0.6 is 0 Å². The maximum absolute atomic E-state index is 13.2. The van der Waals surface area contributed by atoms with Crippen molar-refractivity contribution in [3.8, 4) is 0 Å². The van der Waals surface area contributed by atoms with Crippen LogP contribution in [0.1, 0.15) is 73.1 Å². The largest absolute Gasteiger partial charge is 0.458 e. The van der Waals surface area contributed by atoms with Gasteiger partial charge >= 0.3 is 5.97 Å². The Labute approximate surface area is 196 Å². The molecule has 4 aliphatic carbocycles. The third-order valence-electron chi connectivity index (χ3n) is 9.15. The van der Waals surface area contributed by atoms with E-state index in [-0.39, 0.29) is 40.8 Å². The maximum atomic E-state index is 13.2. The highest BCUT2D eigenvalue weighted by Gasteiger charge is 2.68. The minimum Gasteiger partial charge on any atom is -0.458 e. The topological polar surface area (TPSA) is 101 Å². The average Bonchev–Trinajstić information content (AvgIpc) is 2.96. The van der Waals surface area contributed by atoms with Crippen LogP contribution in [0.4, 0.5) is 0 Å². The molecular weight excluding hydrogens is 420 g/mol. The minimum absolute atomic E-state index is 0.00194. The van der Waals surface area contributed by atoms with Crippen LogP contribution < -0.4 is 0 Å². The zero-order valence-electron chi connectivity index (χ0n) is 20.5. The van der Waals surface area contributed by atoms with E-state index in [4.69, 9.17) is 4.74 Å². The Morgan fingerprint density at radius 3 is 2.58 bits per heavy atom. The second-order valence-corrected chi connectivity index (χ2v) is 12.4. The van der Waals surface area contributed by atoms with Crippen molar-refractivity contribution in [3.05, 3.63) is 23.8 Å². The van der Waals surface area contributed by atoms with Crippen LogP contribution in [0, 0.1) is 34.0 Å². The molecule has 0 aromatic carbocycles. The normalized spacial score (nSPS) is 42.2. The molecule has 0 amide bonds. The van der Waals surface area contributed by atoms with Crippen LogP contribution in [0.15, 0.2) is 23.8 Å². The molecule has 182 valence electrons. The molecule has 3 fully saturated rings. The summed E-state index contributed by atoms with van der Waals surface area (Å²) in [5.74, 6) is -0.745. The van der Waals surface area contributed by atoms with Gasteiger partial charge in [-0.2, -0.15) is 0 Å². The molecular formula is C27H38O6. The summed E-state index contributed by atoms with van der Waals surface area (Å²) in [6.45, 7) is 9.37. The summed E-state index contributed by atoms with van der Waals surface area (Å²) < 4.78 is 5.25. The van der Waals surface area contributed by atoms with Crippen LogP contribution in [0.3, 0.4) is 0 Å². The van der Waals surface area contributed by atoms with E-state index in [1.54, 1.807) is 12.2 Å². The van der Waals surface area contributed by atoms with E-state index in [9.17, 15) is 24.6 Å². The number of Topliss-reactive ketones (excluding diaryl/α,β-unsaturated/α-hetero) is 1. The Morgan fingerprint density at radius 1 is 1.21 bits per heavy atom. The summed E-state index contributed by atoms with van der Waals surface area (Å²) >= 11 is 0. The van der Waals surface area contributed by atoms with Gasteiger partial charge in [-0.1, -0.05) is 46.3 Å². The standard InChI is InChI=1S/C27H38O6/c1-24(2,3)14-22(31)33-15-21(30)27(32)11-9-19-18-7-6-16-12-17(28)8-10-25(16,4)23(18)20(29)13-26(19,27)5/h8,10,12,18-20,23,29,32H,6-7,9,11,13-15H2,1-5H3/t18?,19?,20?,23?,25-,26-,27-/m0/s1. The maximum Gasteiger partial charge on any atom is 0.306 e. The van der Waals surface area contributed by atoms with E-state index < -0.39 is 35.5 Å². The van der Waals surface area contributed by atoms with Crippen LogP contribution in [0.5, 0.6) is 0 Å². The number of ketones is 2. The number of allylic oxidation sites excluding steroid dienone is 4. The van der Waals surface area contributed by atoms with E-state index in [0.29, 0.717) is 19.3 Å². The second-order valence-electron chi connectivity index (χ2n) is 12.4. The molecule has 2 N–H and O–H groups in total. The van der Waals surface area contributed by atoms with Crippen molar-refractivity contribution in [1.82, 2.24) is 0 Å². The van der Waals surface area contributed by atoms with Gasteiger partial charge in [0.2, 0.25) is 5.78 Å². The first-order valence-corrected chi connectivity index (χ1v) is 12.2. The SMILES string of the molecule is CC(C)(C)CC(=O)OCC(=O)[C@@]1(O)CCC2C3CCC4=CC(=O)C=C[C@]4(C)C3C(O)C[C@@]21C. The predicted molar refractivity (Wildman–Crippen MR) is 123 cm³/mol. The van der Waals surface area contributed by atoms with Crippen LogP contribution in [0.2, 0.25) is 0 Å². The molecule has 3 saturated carbocycles. The summed E-state index contributed by atoms with van der Waals surface area (Å²) in [5, 5.41) is 23.1. The third kappa shape index (κ3) is 3.83. The highest BCUT2D eigenvalue weighted by molar-refractivity contribution is 6.01. The number of carbonyl (C=O) groups is 3. The van der Waals surface area contributed by atoms with Gasteiger partial charge in [0.1, 0.15) is 5.60 Å². The first-order chi connectivity index (χ1) is 15.2. The fourth-order valence-corrected chi connectivity index (χ4v) is 7.54. The Hall–Kier alpha value is -1.79. The summed E-state index contributed by atoms with van der Waals surface area (Å²) in [6.07, 6.45) is 7.70. The van der Waals surface area contributed by atoms with E-state index in [1.165, 1.54) is 0 Å². The molecule has 0 bridgehead atoms. The Kier molecular flexibility index (Phi) is 5.81. The van der Waals surface area contributed by atoms with Crippen molar-refractivity contribution < 1.29 is 29.3 Å². The van der Waals surface area contributed by atoms with E-state index >= 15 is 0 Å². The first kappa shape index (κ1) is 24.3. The van der Waals surface area contributed by atoms with Gasteiger partial charge in [0.05, 0.1) is 12.5 Å². The number of rotatable bonds is 4. The number of esters is 1. The van der Waals surface area contributed by atoms with Gasteiger partial charge in [-0.05, 0) is 61.5 Å². The fraction of sp³-hybridized carbons (Fsp3) is 0.741. The first-order valence-electron chi connectivity index (χ1n) is 12.2. The van der Waals surface area contributed by atoms with Crippen molar-refractivity contribution in [3.63, 3.8) is 0 Å². The number of aliphatic hydroxyl groups excluding tert-OH is 1. The van der Waals surface area contributed by atoms with Gasteiger partial charge < -0.3 is 14.9 Å². The fourth-order valence-electron chi connectivity index (χ4n) is 7.54. The van der Waals surface area contributed by atoms with Crippen LogP contribution in [-0.4, -0.2) is 46.1 Å². The molecule has 4 aliphatic rings. The number of hydrogen-bond acceptors (Lipinski definition) is 6. The molecule has 6 heteroatoms. The number of aliphatic hydroxyl groups is 2. The predicted octanol–water partition coefficient (Wildman–Crippen LogP) is 3.54. The van der Waals surface area contributed by atoms with Gasteiger partial charge in [0.15, 0.2) is 12.4 Å². The van der Waals surface area contributed by atoms with Crippen LogP contribution in [0.25, 0.3) is 0 Å². The lowest BCUT2D eigenvalue weighted by Gasteiger charge is -2.59. The van der Waals surface area contributed by atoms with Crippen molar-refractivity contribution in [1.29, 1.82) is 0 Å². The van der Waals surface area contributed by atoms with Crippen molar-refractivity contribution >= 4 is 17.5 Å². The average molecular weight is 459 g/mol. The second kappa shape index (κ2) is 7.88. The summed E-state index contributed by atoms with van der Waals surface area (Å²) in [7, 11) is 0. The lowest BCUT2D eigenvalue weighted by molar-refractivity contribution is -0.181. The van der Waals surface area contributed by atoms with Gasteiger partial charge in [0, 0.05) is 16.7 Å². The monoisotopic (exact) mass is 458 g/mol. The van der Waals surface area contributed by atoms with Gasteiger partial charge in [-0.15, -0.1) is 0 Å². The minimum atomic E-state index is -1.62. The van der Waals surface area contributed by atoms with Gasteiger partial charge in [-0.3, -0.25) is 14.4 Å². The molecule has 6 nitrogen and oxygen atoms in total. The van der Waals surface area contributed by atoms with Crippen molar-refractivity contribution in [2.24, 2.45) is 34.0 Å². The molecule has 33 heavy (non-hydrogen) atoms. The highest BCUT2D eigenvalue weighted by atomic mass is 16.5. The van der Waals surface area contributed by atoms with E-state index in [2.05, 4.69) is 6.92 Å². The summed E-state index contributed by atoms with van der Waals surface area (Å²) in [4.78, 5) is 37.3. The number of carbonyl (C=O) groups excluding carboxylic acids is 3. The molecule has 4 unspecified atom stereocenters. The molecule has 0 aliphatic heterocycles. The van der Waals surface area contributed by atoms with E-state index in [1.807, 2.05) is 33.8 Å². The Bertz CT molecular complexity index is 925. The molecule has 0 radical (unpaired) electrons. The molecule has 0 spiro atoms. The van der Waals surface area contributed by atoms with Crippen molar-refractivity contribution in [2.45, 2.75) is 84.8 Å². The molecule has 0 saturated heterocycles.